The van der Waals surface area contributed by atoms with Gasteiger partial charge in [0.25, 0.3) is 15.9 Å². The molecule has 1 fully saturated rings. The van der Waals surface area contributed by atoms with Crippen LogP contribution in [0.15, 0.2) is 53.4 Å². The van der Waals surface area contributed by atoms with Gasteiger partial charge in [-0.25, -0.2) is 8.42 Å². The van der Waals surface area contributed by atoms with Gasteiger partial charge >= 0.3 is 0 Å². The van der Waals surface area contributed by atoms with Gasteiger partial charge in [-0.15, -0.1) is 0 Å². The van der Waals surface area contributed by atoms with Crippen LogP contribution >= 0.6 is 0 Å². The van der Waals surface area contributed by atoms with Crippen LogP contribution in [-0.2, 0) is 14.8 Å². The maximum atomic E-state index is 12.7. The third-order valence-electron chi connectivity index (χ3n) is 4.72. The molecule has 28 heavy (non-hydrogen) atoms. The Morgan fingerprint density at radius 2 is 1.79 bits per heavy atom. The molecule has 1 amide bonds. The molecule has 146 valence electrons. The minimum atomic E-state index is -3.75. The van der Waals surface area contributed by atoms with Gasteiger partial charge in [-0.3, -0.25) is 9.52 Å². The van der Waals surface area contributed by atoms with E-state index in [1.54, 1.807) is 29.2 Å². The number of ether oxygens (including phenoxy) is 1. The standard InChI is InChI=1S/C20H21N3O4S/c1-14-12-16-13-17(4-7-19(16)21-14)22-28(25,26)18-5-2-15(3-6-18)20(24)23-8-10-27-11-9-23/h2-7,12-13,21-22H,8-11H2,1H3. The van der Waals surface area contributed by atoms with Gasteiger partial charge in [0, 0.05) is 40.9 Å². The summed E-state index contributed by atoms with van der Waals surface area (Å²) in [6.45, 7) is 4.08. The molecule has 2 N–H and O–H groups in total. The van der Waals surface area contributed by atoms with Gasteiger partial charge in [-0.1, -0.05) is 0 Å². The first-order chi connectivity index (χ1) is 13.4. The Balaban J connectivity index is 1.52. The minimum Gasteiger partial charge on any atom is -0.378 e. The normalized spacial score (nSPS) is 15.0. The highest BCUT2D eigenvalue weighted by atomic mass is 32.2. The van der Waals surface area contributed by atoms with E-state index in [1.165, 1.54) is 12.1 Å². The lowest BCUT2D eigenvalue weighted by Crippen LogP contribution is -2.40. The van der Waals surface area contributed by atoms with Crippen LogP contribution in [0.5, 0.6) is 0 Å². The van der Waals surface area contributed by atoms with E-state index in [4.69, 9.17) is 4.74 Å². The summed E-state index contributed by atoms with van der Waals surface area (Å²) in [5.74, 6) is -0.117. The van der Waals surface area contributed by atoms with E-state index in [9.17, 15) is 13.2 Å². The Bertz CT molecular complexity index is 1110. The third kappa shape index (κ3) is 3.74. The summed E-state index contributed by atoms with van der Waals surface area (Å²) in [7, 11) is -3.75. The second kappa shape index (κ2) is 7.29. The minimum absolute atomic E-state index is 0.108. The Labute approximate surface area is 163 Å². The van der Waals surface area contributed by atoms with E-state index in [0.29, 0.717) is 37.6 Å². The van der Waals surface area contributed by atoms with Crippen molar-refractivity contribution in [1.82, 2.24) is 9.88 Å². The van der Waals surface area contributed by atoms with E-state index in [2.05, 4.69) is 9.71 Å². The summed E-state index contributed by atoms with van der Waals surface area (Å²) in [5, 5.41) is 0.934. The predicted octanol–water partition coefficient (Wildman–Crippen LogP) is 2.75. The van der Waals surface area contributed by atoms with Crippen molar-refractivity contribution in [3.05, 3.63) is 59.8 Å². The summed E-state index contributed by atoms with van der Waals surface area (Å²) in [5.41, 5.74) is 2.91. The number of H-pyrrole nitrogens is 1. The zero-order valence-electron chi connectivity index (χ0n) is 15.4. The van der Waals surface area contributed by atoms with Crippen molar-refractivity contribution in [1.29, 1.82) is 0 Å². The van der Waals surface area contributed by atoms with Gasteiger partial charge in [-0.2, -0.15) is 0 Å². The van der Waals surface area contributed by atoms with Crippen molar-refractivity contribution < 1.29 is 17.9 Å². The summed E-state index contributed by atoms with van der Waals surface area (Å²) < 4.78 is 33.2. The zero-order valence-corrected chi connectivity index (χ0v) is 16.3. The number of rotatable bonds is 4. The molecule has 8 heteroatoms. The summed E-state index contributed by atoms with van der Waals surface area (Å²) in [4.78, 5) is 17.5. The first-order valence-corrected chi connectivity index (χ1v) is 10.5. The van der Waals surface area contributed by atoms with Gasteiger partial charge < -0.3 is 14.6 Å². The van der Waals surface area contributed by atoms with Crippen LogP contribution in [0.2, 0.25) is 0 Å². The fourth-order valence-corrected chi connectivity index (χ4v) is 4.33. The third-order valence-corrected chi connectivity index (χ3v) is 6.11. The molecule has 1 aromatic heterocycles. The molecule has 4 rings (SSSR count). The lowest BCUT2D eigenvalue weighted by molar-refractivity contribution is 0.0303. The molecule has 1 aliphatic heterocycles. The Hall–Kier alpha value is -2.84. The second-order valence-electron chi connectivity index (χ2n) is 6.79. The highest BCUT2D eigenvalue weighted by Gasteiger charge is 2.20. The number of aromatic amines is 1. The lowest BCUT2D eigenvalue weighted by atomic mass is 10.2. The van der Waals surface area contributed by atoms with Crippen LogP contribution < -0.4 is 4.72 Å². The maximum Gasteiger partial charge on any atom is 0.261 e. The van der Waals surface area contributed by atoms with Crippen molar-refractivity contribution in [2.24, 2.45) is 0 Å². The van der Waals surface area contributed by atoms with Crippen LogP contribution in [0.1, 0.15) is 16.1 Å². The number of amides is 1. The van der Waals surface area contributed by atoms with E-state index in [-0.39, 0.29) is 10.8 Å². The quantitative estimate of drug-likeness (QED) is 0.706. The summed E-state index contributed by atoms with van der Waals surface area (Å²) in [6, 6.07) is 13.3. The number of carbonyl (C=O) groups excluding carboxylic acids is 1. The Morgan fingerprint density at radius 3 is 2.50 bits per heavy atom. The van der Waals surface area contributed by atoms with E-state index >= 15 is 0 Å². The first kappa shape index (κ1) is 18.5. The summed E-state index contributed by atoms with van der Waals surface area (Å²) in [6.07, 6.45) is 0. The van der Waals surface area contributed by atoms with Gasteiger partial charge in [-0.05, 0) is 55.5 Å². The van der Waals surface area contributed by atoms with Crippen molar-refractivity contribution in [3.8, 4) is 0 Å². The molecule has 0 bridgehead atoms. The van der Waals surface area contributed by atoms with Crippen molar-refractivity contribution in [2.75, 3.05) is 31.0 Å². The monoisotopic (exact) mass is 399 g/mol. The van der Waals surface area contributed by atoms with Crippen LogP contribution in [0, 0.1) is 6.92 Å². The van der Waals surface area contributed by atoms with Crippen LogP contribution in [0.25, 0.3) is 10.9 Å². The fraction of sp³-hybridized carbons (Fsp3) is 0.250. The number of benzene rings is 2. The molecule has 2 aromatic carbocycles. The number of sulfonamides is 1. The molecule has 0 aliphatic carbocycles. The molecule has 0 radical (unpaired) electrons. The highest BCUT2D eigenvalue weighted by Crippen LogP contribution is 2.23. The van der Waals surface area contributed by atoms with E-state index in [1.807, 2.05) is 19.1 Å². The average Bonchev–Trinajstić information content (AvgIpc) is 3.07. The van der Waals surface area contributed by atoms with Crippen molar-refractivity contribution >= 4 is 32.5 Å². The van der Waals surface area contributed by atoms with E-state index < -0.39 is 10.0 Å². The molecule has 3 aromatic rings. The number of carbonyl (C=O) groups is 1. The Morgan fingerprint density at radius 1 is 1.07 bits per heavy atom. The molecular formula is C20H21N3O4S. The number of nitrogens with one attached hydrogen (secondary N) is 2. The molecule has 0 atom stereocenters. The number of aryl methyl sites for hydroxylation is 1. The number of fused-ring (bicyclic) bond motifs is 1. The number of nitrogens with zero attached hydrogens (tertiary/aromatic N) is 1. The summed E-state index contributed by atoms with van der Waals surface area (Å²) >= 11 is 0. The predicted molar refractivity (Wildman–Crippen MR) is 107 cm³/mol. The molecule has 7 nitrogen and oxygen atoms in total. The molecule has 0 spiro atoms. The molecule has 1 aliphatic rings. The van der Waals surface area contributed by atoms with Gasteiger partial charge in [0.2, 0.25) is 0 Å². The van der Waals surface area contributed by atoms with Crippen LogP contribution in [0.4, 0.5) is 5.69 Å². The molecule has 0 unspecified atom stereocenters. The Kier molecular flexibility index (Phi) is 4.82. The number of morpholine rings is 1. The van der Waals surface area contributed by atoms with Gasteiger partial charge in [0.1, 0.15) is 0 Å². The number of aromatic nitrogens is 1. The fourth-order valence-electron chi connectivity index (χ4n) is 3.28. The SMILES string of the molecule is Cc1cc2cc(NS(=O)(=O)c3ccc(C(=O)N4CCOCC4)cc3)ccc2[nH]1. The topological polar surface area (TPSA) is 91.5 Å². The highest BCUT2D eigenvalue weighted by molar-refractivity contribution is 7.92. The molecular weight excluding hydrogens is 378 g/mol. The second-order valence-corrected chi connectivity index (χ2v) is 8.47. The van der Waals surface area contributed by atoms with Crippen LogP contribution in [0.3, 0.4) is 0 Å². The van der Waals surface area contributed by atoms with Crippen molar-refractivity contribution in [3.63, 3.8) is 0 Å². The average molecular weight is 399 g/mol. The first-order valence-electron chi connectivity index (χ1n) is 9.02. The zero-order chi connectivity index (χ0) is 19.7. The molecule has 2 heterocycles. The maximum absolute atomic E-state index is 12.7. The largest absolute Gasteiger partial charge is 0.378 e. The smallest absolute Gasteiger partial charge is 0.261 e. The molecule has 1 saturated heterocycles. The van der Waals surface area contributed by atoms with Gasteiger partial charge in [0.15, 0.2) is 0 Å². The number of hydrogen-bond donors (Lipinski definition) is 2. The lowest BCUT2D eigenvalue weighted by Gasteiger charge is -2.26. The number of hydrogen-bond acceptors (Lipinski definition) is 4. The van der Waals surface area contributed by atoms with Crippen LogP contribution in [-0.4, -0.2) is 50.5 Å². The number of anilines is 1. The van der Waals surface area contributed by atoms with E-state index in [0.717, 1.165) is 16.6 Å². The molecule has 0 saturated carbocycles. The van der Waals surface area contributed by atoms with Crippen molar-refractivity contribution in [2.45, 2.75) is 11.8 Å². The van der Waals surface area contributed by atoms with Gasteiger partial charge in [0.05, 0.1) is 18.1 Å².